The molecule has 2 nitrogen and oxygen atoms in total. The molecule has 1 aliphatic heterocycles. The summed E-state index contributed by atoms with van der Waals surface area (Å²) >= 11 is 8.02. The van der Waals surface area contributed by atoms with Crippen LogP contribution >= 0.6 is 22.9 Å². The molecule has 0 saturated carbocycles. The van der Waals surface area contributed by atoms with Crippen LogP contribution in [0, 0.1) is 0 Å². The summed E-state index contributed by atoms with van der Waals surface area (Å²) in [5.41, 5.74) is 1.11. The lowest BCUT2D eigenvalue weighted by Gasteiger charge is -2.27. The lowest BCUT2D eigenvalue weighted by Crippen LogP contribution is -2.35. The Morgan fingerprint density at radius 3 is 2.61 bits per heavy atom. The van der Waals surface area contributed by atoms with Gasteiger partial charge in [-0.25, -0.2) is 0 Å². The normalized spacial score (nSPS) is 15.9. The summed E-state index contributed by atoms with van der Waals surface area (Å²) in [7, 11) is 0. The van der Waals surface area contributed by atoms with E-state index in [-0.39, 0.29) is 0 Å². The molecule has 0 radical (unpaired) electrons. The van der Waals surface area contributed by atoms with E-state index >= 15 is 0 Å². The van der Waals surface area contributed by atoms with Crippen molar-refractivity contribution in [1.29, 1.82) is 0 Å². The first kappa shape index (κ1) is 12.0. The number of hydrogen-bond acceptors (Lipinski definition) is 3. The maximum absolute atomic E-state index is 6.23. The number of ether oxygens (including phenoxy) is 1. The Bertz CT molecular complexity index is 534. The van der Waals surface area contributed by atoms with Crippen molar-refractivity contribution >= 4 is 27.9 Å². The van der Waals surface area contributed by atoms with E-state index in [0.29, 0.717) is 0 Å². The minimum atomic E-state index is 0.813. The molecule has 94 valence electrons. The maximum atomic E-state index is 6.23. The van der Waals surface area contributed by atoms with Gasteiger partial charge in [-0.2, -0.15) is 0 Å². The highest BCUT2D eigenvalue weighted by Crippen LogP contribution is 2.37. The van der Waals surface area contributed by atoms with E-state index < -0.39 is 0 Å². The van der Waals surface area contributed by atoms with E-state index in [2.05, 4.69) is 23.1 Å². The van der Waals surface area contributed by atoms with Gasteiger partial charge in [-0.15, -0.1) is 11.3 Å². The maximum Gasteiger partial charge on any atom is 0.0916 e. The Morgan fingerprint density at radius 1 is 1.06 bits per heavy atom. The summed E-state index contributed by atoms with van der Waals surface area (Å²) in [4.78, 5) is 3.59. The zero-order valence-corrected chi connectivity index (χ0v) is 11.5. The van der Waals surface area contributed by atoms with E-state index in [1.807, 2.05) is 18.2 Å². The number of halogens is 1. The van der Waals surface area contributed by atoms with Crippen LogP contribution in [0.1, 0.15) is 0 Å². The highest BCUT2D eigenvalue weighted by atomic mass is 35.5. The molecule has 0 spiro atoms. The highest BCUT2D eigenvalue weighted by Gasteiger charge is 2.14. The van der Waals surface area contributed by atoms with Gasteiger partial charge in [0.25, 0.3) is 0 Å². The van der Waals surface area contributed by atoms with Crippen molar-refractivity contribution in [3.8, 4) is 10.4 Å². The van der Waals surface area contributed by atoms with E-state index in [1.165, 1.54) is 9.88 Å². The Balaban J connectivity index is 1.87. The Kier molecular flexibility index (Phi) is 3.55. The lowest BCUT2D eigenvalue weighted by atomic mass is 10.2. The molecule has 2 aromatic rings. The Labute approximate surface area is 116 Å². The smallest absolute Gasteiger partial charge is 0.0916 e. The van der Waals surface area contributed by atoms with Crippen molar-refractivity contribution in [2.24, 2.45) is 0 Å². The van der Waals surface area contributed by atoms with E-state index in [0.717, 1.165) is 36.9 Å². The second-order valence-electron chi connectivity index (χ2n) is 4.22. The first-order valence-electron chi connectivity index (χ1n) is 6.02. The fourth-order valence-electron chi connectivity index (χ4n) is 2.09. The zero-order valence-electron chi connectivity index (χ0n) is 9.93. The monoisotopic (exact) mass is 279 g/mol. The van der Waals surface area contributed by atoms with Crippen molar-refractivity contribution in [3.63, 3.8) is 0 Å². The molecule has 3 rings (SSSR count). The number of nitrogens with zero attached hydrogens (tertiary/aromatic N) is 1. The van der Waals surface area contributed by atoms with Crippen LogP contribution in [0.2, 0.25) is 5.02 Å². The van der Waals surface area contributed by atoms with Crippen LogP contribution in [-0.4, -0.2) is 26.3 Å². The van der Waals surface area contributed by atoms with Crippen molar-refractivity contribution in [3.05, 3.63) is 41.4 Å². The van der Waals surface area contributed by atoms with Crippen LogP contribution in [0.15, 0.2) is 36.4 Å². The molecule has 0 amide bonds. The molecule has 1 saturated heterocycles. The fourth-order valence-corrected chi connectivity index (χ4v) is 3.48. The highest BCUT2D eigenvalue weighted by molar-refractivity contribution is 7.19. The van der Waals surface area contributed by atoms with Crippen LogP contribution < -0.4 is 4.90 Å². The molecule has 4 heteroatoms. The van der Waals surface area contributed by atoms with Gasteiger partial charge in [0.15, 0.2) is 0 Å². The third-order valence-electron chi connectivity index (χ3n) is 3.05. The largest absolute Gasteiger partial charge is 0.378 e. The molecule has 1 aromatic heterocycles. The van der Waals surface area contributed by atoms with Crippen LogP contribution in [0.5, 0.6) is 0 Å². The van der Waals surface area contributed by atoms with Gasteiger partial charge in [-0.05, 0) is 18.2 Å². The number of anilines is 1. The number of morpholine rings is 1. The van der Waals surface area contributed by atoms with Gasteiger partial charge < -0.3 is 9.64 Å². The molecular weight excluding hydrogens is 266 g/mol. The predicted molar refractivity (Wildman–Crippen MR) is 77.8 cm³/mol. The topological polar surface area (TPSA) is 12.5 Å². The third kappa shape index (κ3) is 2.39. The molecule has 0 bridgehead atoms. The SMILES string of the molecule is Clc1ccccc1-c1ccc(N2CCOCC2)s1. The summed E-state index contributed by atoms with van der Waals surface area (Å²) in [6, 6.07) is 12.3. The number of hydrogen-bond donors (Lipinski definition) is 0. The molecule has 0 aliphatic carbocycles. The molecule has 1 aliphatic rings. The van der Waals surface area contributed by atoms with E-state index in [9.17, 15) is 0 Å². The summed E-state index contributed by atoms with van der Waals surface area (Å²) < 4.78 is 5.37. The standard InChI is InChI=1S/C14H14ClNOS/c15-12-4-2-1-3-11(12)13-5-6-14(18-13)16-7-9-17-10-8-16/h1-6H,7-10H2. The van der Waals surface area contributed by atoms with E-state index in [4.69, 9.17) is 16.3 Å². The van der Waals surface area contributed by atoms with Crippen LogP contribution in [0.25, 0.3) is 10.4 Å². The molecule has 0 N–H and O–H groups in total. The second-order valence-corrected chi connectivity index (χ2v) is 5.69. The van der Waals surface area contributed by atoms with Crippen molar-refractivity contribution in [2.75, 3.05) is 31.2 Å². The van der Waals surface area contributed by atoms with Crippen LogP contribution in [-0.2, 0) is 4.74 Å². The van der Waals surface area contributed by atoms with Gasteiger partial charge in [-0.1, -0.05) is 29.8 Å². The van der Waals surface area contributed by atoms with E-state index in [1.54, 1.807) is 11.3 Å². The van der Waals surface area contributed by atoms with Crippen molar-refractivity contribution < 1.29 is 4.74 Å². The third-order valence-corrected chi connectivity index (χ3v) is 4.56. The first-order valence-corrected chi connectivity index (χ1v) is 7.21. The van der Waals surface area contributed by atoms with Gasteiger partial charge in [0.05, 0.1) is 18.2 Å². The van der Waals surface area contributed by atoms with Crippen LogP contribution in [0.4, 0.5) is 5.00 Å². The molecule has 2 heterocycles. The Morgan fingerprint density at radius 2 is 1.83 bits per heavy atom. The van der Waals surface area contributed by atoms with Gasteiger partial charge >= 0.3 is 0 Å². The molecule has 0 unspecified atom stereocenters. The molecule has 1 fully saturated rings. The first-order chi connectivity index (χ1) is 8.84. The summed E-state index contributed by atoms with van der Waals surface area (Å²) in [5.74, 6) is 0. The summed E-state index contributed by atoms with van der Waals surface area (Å²) in [5, 5.41) is 2.11. The summed E-state index contributed by atoms with van der Waals surface area (Å²) in [6.07, 6.45) is 0. The predicted octanol–water partition coefficient (Wildman–Crippen LogP) is 3.91. The molecule has 0 atom stereocenters. The molecule has 1 aromatic carbocycles. The average molecular weight is 280 g/mol. The Hall–Kier alpha value is -1.03. The van der Waals surface area contributed by atoms with Gasteiger partial charge in [0, 0.05) is 28.6 Å². The fraction of sp³-hybridized carbons (Fsp3) is 0.286. The van der Waals surface area contributed by atoms with Crippen LogP contribution in [0.3, 0.4) is 0 Å². The number of benzene rings is 1. The quantitative estimate of drug-likeness (QED) is 0.826. The lowest BCUT2D eigenvalue weighted by molar-refractivity contribution is 0.123. The molecular formula is C14H14ClNOS. The zero-order chi connectivity index (χ0) is 12.4. The second kappa shape index (κ2) is 5.31. The van der Waals surface area contributed by atoms with Crippen molar-refractivity contribution in [1.82, 2.24) is 0 Å². The van der Waals surface area contributed by atoms with Gasteiger partial charge in [0.1, 0.15) is 0 Å². The number of rotatable bonds is 2. The van der Waals surface area contributed by atoms with Crippen molar-refractivity contribution in [2.45, 2.75) is 0 Å². The minimum Gasteiger partial charge on any atom is -0.378 e. The van der Waals surface area contributed by atoms with Gasteiger partial charge in [0.2, 0.25) is 0 Å². The average Bonchev–Trinajstić information content (AvgIpc) is 2.90. The molecule has 18 heavy (non-hydrogen) atoms. The summed E-state index contributed by atoms with van der Waals surface area (Å²) in [6.45, 7) is 3.59. The van der Waals surface area contributed by atoms with Gasteiger partial charge in [-0.3, -0.25) is 0 Å². The minimum absolute atomic E-state index is 0.813. The number of thiophene rings is 1.